The zero-order valence-electron chi connectivity index (χ0n) is 21.4. The maximum atomic E-state index is 14.0. The Labute approximate surface area is 213 Å². The number of fused-ring (bicyclic) bond motifs is 1. The van der Waals surface area contributed by atoms with Crippen molar-refractivity contribution in [1.82, 2.24) is 15.2 Å². The van der Waals surface area contributed by atoms with E-state index in [9.17, 15) is 9.59 Å². The Kier molecular flexibility index (Phi) is 7.44. The van der Waals surface area contributed by atoms with Crippen molar-refractivity contribution >= 4 is 11.8 Å². The summed E-state index contributed by atoms with van der Waals surface area (Å²) in [6.07, 6.45) is 11.8. The summed E-state index contributed by atoms with van der Waals surface area (Å²) in [5.41, 5.74) is 3.02. The first-order chi connectivity index (χ1) is 17.5. The van der Waals surface area contributed by atoms with E-state index in [0.29, 0.717) is 6.54 Å². The Morgan fingerprint density at radius 1 is 1.03 bits per heavy atom. The maximum absolute atomic E-state index is 14.0. The molecule has 2 aliphatic heterocycles. The van der Waals surface area contributed by atoms with Crippen molar-refractivity contribution in [3.05, 3.63) is 42.2 Å². The Morgan fingerprint density at radius 3 is 2.64 bits per heavy atom. The largest absolute Gasteiger partial charge is 0.454 e. The lowest BCUT2D eigenvalue weighted by Gasteiger charge is -2.35. The number of carbonyl (C=O) groups is 2. The van der Waals surface area contributed by atoms with Gasteiger partial charge < -0.3 is 19.7 Å². The lowest BCUT2D eigenvalue weighted by Crippen LogP contribution is -2.53. The summed E-state index contributed by atoms with van der Waals surface area (Å²) >= 11 is 0. The molecule has 3 heterocycles. The molecule has 192 valence electrons. The third-order valence-corrected chi connectivity index (χ3v) is 8.13. The predicted octanol–water partition coefficient (Wildman–Crippen LogP) is 5.25. The molecule has 5 rings (SSSR count). The highest BCUT2D eigenvalue weighted by atomic mass is 16.7. The summed E-state index contributed by atoms with van der Waals surface area (Å²) in [5.74, 6) is 1.66. The Bertz CT molecular complexity index is 1100. The van der Waals surface area contributed by atoms with Crippen LogP contribution in [0.2, 0.25) is 0 Å². The molecule has 1 aromatic heterocycles. The smallest absolute Gasteiger partial charge is 0.245 e. The van der Waals surface area contributed by atoms with Gasteiger partial charge in [0.05, 0.1) is 6.04 Å². The molecule has 36 heavy (non-hydrogen) atoms. The predicted molar refractivity (Wildman–Crippen MR) is 137 cm³/mol. The third kappa shape index (κ3) is 5.06. The number of hydrogen-bond donors (Lipinski definition) is 1. The normalized spacial score (nSPS) is 21.3. The molecule has 1 N–H and O–H groups in total. The minimum atomic E-state index is -0.447. The highest BCUT2D eigenvalue weighted by Crippen LogP contribution is 2.38. The fourth-order valence-electron chi connectivity index (χ4n) is 5.76. The fourth-order valence-corrected chi connectivity index (χ4v) is 5.76. The molecule has 3 aliphatic rings. The van der Waals surface area contributed by atoms with E-state index in [2.05, 4.69) is 16.4 Å². The average Bonchev–Trinajstić information content (AvgIpc) is 3.61. The van der Waals surface area contributed by atoms with Gasteiger partial charge in [0.25, 0.3) is 0 Å². The summed E-state index contributed by atoms with van der Waals surface area (Å²) in [4.78, 5) is 33.4. The van der Waals surface area contributed by atoms with Crippen molar-refractivity contribution in [3.63, 3.8) is 0 Å². The quantitative estimate of drug-likeness (QED) is 0.572. The van der Waals surface area contributed by atoms with E-state index in [0.717, 1.165) is 73.1 Å². The summed E-state index contributed by atoms with van der Waals surface area (Å²) in [6.45, 7) is 4.90. The molecule has 2 fully saturated rings. The fraction of sp³-hybridized carbons (Fsp3) is 0.552. The van der Waals surface area contributed by atoms with E-state index < -0.39 is 6.04 Å². The zero-order valence-corrected chi connectivity index (χ0v) is 21.4. The van der Waals surface area contributed by atoms with Gasteiger partial charge in [-0.15, -0.1) is 0 Å². The van der Waals surface area contributed by atoms with Crippen molar-refractivity contribution < 1.29 is 19.1 Å². The van der Waals surface area contributed by atoms with E-state index in [1.165, 1.54) is 6.42 Å². The zero-order chi connectivity index (χ0) is 25.1. The average molecular weight is 492 g/mol. The topological polar surface area (TPSA) is 80.8 Å². The van der Waals surface area contributed by atoms with Gasteiger partial charge in [-0.25, -0.2) is 0 Å². The van der Waals surface area contributed by atoms with Crippen molar-refractivity contribution in [2.24, 2.45) is 11.8 Å². The van der Waals surface area contributed by atoms with Gasteiger partial charge in [0.15, 0.2) is 11.5 Å². The number of benzene rings is 1. The Hall–Kier alpha value is -3.09. The number of amides is 2. The van der Waals surface area contributed by atoms with Gasteiger partial charge in [0.1, 0.15) is 6.04 Å². The van der Waals surface area contributed by atoms with E-state index in [4.69, 9.17) is 9.47 Å². The third-order valence-electron chi connectivity index (χ3n) is 8.13. The molecule has 2 amide bonds. The minimum absolute atomic E-state index is 0.0105. The second-order valence-electron chi connectivity index (χ2n) is 10.5. The van der Waals surface area contributed by atoms with Crippen molar-refractivity contribution in [3.8, 4) is 22.6 Å². The molecule has 1 saturated heterocycles. The molecule has 1 aromatic carbocycles. The van der Waals surface area contributed by atoms with Crippen molar-refractivity contribution in [1.29, 1.82) is 0 Å². The summed E-state index contributed by atoms with van der Waals surface area (Å²) < 4.78 is 11.0. The van der Waals surface area contributed by atoms with Crippen LogP contribution in [0.15, 0.2) is 36.7 Å². The van der Waals surface area contributed by atoms with Gasteiger partial charge in [-0.05, 0) is 67.3 Å². The molecule has 3 atom stereocenters. The van der Waals surface area contributed by atoms with Crippen LogP contribution >= 0.6 is 0 Å². The number of carbonyl (C=O) groups excluding carboxylic acids is 2. The highest BCUT2D eigenvalue weighted by molar-refractivity contribution is 5.89. The lowest BCUT2D eigenvalue weighted by molar-refractivity contribution is -0.140. The van der Waals surface area contributed by atoms with E-state index in [-0.39, 0.29) is 36.5 Å². The first-order valence-corrected chi connectivity index (χ1v) is 13.5. The Morgan fingerprint density at radius 2 is 1.83 bits per heavy atom. The lowest BCUT2D eigenvalue weighted by atomic mass is 9.83. The van der Waals surface area contributed by atoms with Crippen LogP contribution in [0.25, 0.3) is 11.1 Å². The molecule has 7 heteroatoms. The number of rotatable bonds is 7. The number of nitrogens with one attached hydrogen (secondary N) is 1. The van der Waals surface area contributed by atoms with Crippen LogP contribution in [0.4, 0.5) is 0 Å². The van der Waals surface area contributed by atoms with Gasteiger partial charge >= 0.3 is 0 Å². The molecule has 0 spiro atoms. The molecular formula is C29H37N3O4. The first-order valence-electron chi connectivity index (χ1n) is 13.5. The van der Waals surface area contributed by atoms with Crippen LogP contribution < -0.4 is 14.8 Å². The summed E-state index contributed by atoms with van der Waals surface area (Å²) in [7, 11) is 0. The molecule has 3 unspecified atom stereocenters. The number of aromatic nitrogens is 1. The molecule has 0 bridgehead atoms. The molecule has 2 aromatic rings. The molecule has 1 aliphatic carbocycles. The number of ether oxygens (including phenoxy) is 2. The molecule has 1 saturated carbocycles. The van der Waals surface area contributed by atoms with Crippen LogP contribution in [0.5, 0.6) is 11.5 Å². The maximum Gasteiger partial charge on any atom is 0.245 e. The standard InChI is InChI=1S/C29H37N3O4/c1-3-19(2)28(33)31-27(20-8-5-4-6-9-20)29(34)32-13-7-10-24(32)23-14-22(16-30-17-23)21-11-12-25-26(15-21)36-18-35-25/h11-12,14-17,19-20,24,27H,3-10,13,18H2,1-2H3,(H,31,33). The van der Waals surface area contributed by atoms with Gasteiger partial charge in [-0.3, -0.25) is 14.6 Å². The Balaban J connectivity index is 1.38. The monoisotopic (exact) mass is 491 g/mol. The van der Waals surface area contributed by atoms with Crippen molar-refractivity contribution in [2.45, 2.75) is 77.3 Å². The number of likely N-dealkylation sites (tertiary alicyclic amines) is 1. The van der Waals surface area contributed by atoms with E-state index in [1.807, 2.05) is 49.3 Å². The minimum Gasteiger partial charge on any atom is -0.454 e. The van der Waals surface area contributed by atoms with Crippen LogP contribution in [-0.2, 0) is 9.59 Å². The second kappa shape index (κ2) is 10.9. The van der Waals surface area contributed by atoms with Crippen LogP contribution in [-0.4, -0.2) is 41.1 Å². The van der Waals surface area contributed by atoms with Crippen LogP contribution in [0.1, 0.15) is 76.8 Å². The van der Waals surface area contributed by atoms with E-state index >= 15 is 0 Å². The van der Waals surface area contributed by atoms with Gasteiger partial charge in [0.2, 0.25) is 18.6 Å². The van der Waals surface area contributed by atoms with Crippen molar-refractivity contribution in [2.75, 3.05) is 13.3 Å². The molecule has 0 radical (unpaired) electrons. The summed E-state index contributed by atoms with van der Waals surface area (Å²) in [6, 6.07) is 7.56. The number of hydrogen-bond acceptors (Lipinski definition) is 5. The molecule has 7 nitrogen and oxygen atoms in total. The molecular weight excluding hydrogens is 454 g/mol. The highest BCUT2D eigenvalue weighted by Gasteiger charge is 2.39. The second-order valence-corrected chi connectivity index (χ2v) is 10.5. The van der Waals surface area contributed by atoms with Crippen LogP contribution in [0.3, 0.4) is 0 Å². The van der Waals surface area contributed by atoms with Gasteiger partial charge in [-0.2, -0.15) is 0 Å². The SMILES string of the molecule is CCC(C)C(=O)NC(C(=O)N1CCCC1c1cncc(-c2ccc3c(c2)OCO3)c1)C1CCCCC1. The summed E-state index contributed by atoms with van der Waals surface area (Å²) in [5, 5.41) is 3.18. The van der Waals surface area contributed by atoms with Gasteiger partial charge in [0, 0.05) is 30.4 Å². The first kappa shape index (κ1) is 24.6. The number of nitrogens with zero attached hydrogens (tertiary/aromatic N) is 2. The van der Waals surface area contributed by atoms with E-state index in [1.54, 1.807) is 0 Å². The van der Waals surface area contributed by atoms with Gasteiger partial charge in [-0.1, -0.05) is 39.2 Å². The number of pyridine rings is 1. The van der Waals surface area contributed by atoms with Crippen LogP contribution in [0, 0.1) is 11.8 Å².